The number of nitrogens with one attached hydrogen (secondary N) is 1. The second-order valence-corrected chi connectivity index (χ2v) is 8.38. The van der Waals surface area contributed by atoms with Crippen LogP contribution in [0.25, 0.3) is 22.6 Å². The number of nitrogens with zero attached hydrogens (tertiary/aromatic N) is 4. The van der Waals surface area contributed by atoms with Crippen molar-refractivity contribution in [3.63, 3.8) is 0 Å². The first-order chi connectivity index (χ1) is 15.0. The van der Waals surface area contributed by atoms with Crippen molar-refractivity contribution in [1.82, 2.24) is 24.0 Å². The number of aryl methyl sites for hydroxylation is 1. The quantitative estimate of drug-likeness (QED) is 0.543. The highest BCUT2D eigenvalue weighted by Gasteiger charge is 2.22. The molecule has 0 saturated carbocycles. The Morgan fingerprint density at radius 1 is 1.16 bits per heavy atom. The molecular weight excluding hydrogens is 466 g/mol. The Morgan fingerprint density at radius 3 is 2.65 bits per heavy atom. The fourth-order valence-corrected chi connectivity index (χ4v) is 4.31. The summed E-state index contributed by atoms with van der Waals surface area (Å²) in [6, 6.07) is 5.67. The molecule has 0 atom stereocenters. The summed E-state index contributed by atoms with van der Waals surface area (Å²) >= 11 is 3.52. The molecule has 0 unspecified atom stereocenters. The molecule has 10 heteroatoms. The van der Waals surface area contributed by atoms with Gasteiger partial charge in [0.25, 0.3) is 5.56 Å². The number of aromatic nitrogens is 4. The third-order valence-electron chi connectivity index (χ3n) is 5.48. The van der Waals surface area contributed by atoms with E-state index in [4.69, 9.17) is 14.5 Å². The summed E-state index contributed by atoms with van der Waals surface area (Å²) in [7, 11) is 1.60. The summed E-state index contributed by atoms with van der Waals surface area (Å²) in [4.78, 5) is 34.9. The van der Waals surface area contributed by atoms with Crippen molar-refractivity contribution in [2.75, 3.05) is 40.0 Å². The summed E-state index contributed by atoms with van der Waals surface area (Å²) in [5, 5.41) is 0. The molecule has 1 N–H and O–H groups in total. The number of aromatic amines is 1. The predicted octanol–water partition coefficient (Wildman–Crippen LogP) is 2.07. The Kier molecular flexibility index (Phi) is 6.59. The minimum Gasteiger partial charge on any atom is -0.496 e. The van der Waals surface area contributed by atoms with Crippen molar-refractivity contribution in [2.24, 2.45) is 0 Å². The number of morpholine rings is 1. The van der Waals surface area contributed by atoms with Crippen LogP contribution in [0.5, 0.6) is 5.75 Å². The Labute approximate surface area is 187 Å². The van der Waals surface area contributed by atoms with E-state index in [-0.39, 0.29) is 0 Å². The van der Waals surface area contributed by atoms with Crippen LogP contribution in [0, 0.1) is 0 Å². The third kappa shape index (κ3) is 4.32. The molecule has 0 aliphatic carbocycles. The normalized spacial score (nSPS) is 14.9. The van der Waals surface area contributed by atoms with Crippen LogP contribution in [-0.4, -0.2) is 64.0 Å². The molecule has 1 aliphatic heterocycles. The van der Waals surface area contributed by atoms with E-state index in [9.17, 15) is 9.59 Å². The largest absolute Gasteiger partial charge is 0.496 e. The van der Waals surface area contributed by atoms with E-state index in [0.29, 0.717) is 49.0 Å². The average Bonchev–Trinajstić information content (AvgIpc) is 3.15. The summed E-state index contributed by atoms with van der Waals surface area (Å²) in [6.07, 6.45) is 0.747. The molecule has 9 nitrogen and oxygen atoms in total. The molecule has 0 bridgehead atoms. The molecule has 1 saturated heterocycles. The summed E-state index contributed by atoms with van der Waals surface area (Å²) in [5.74, 6) is 1.24. The van der Waals surface area contributed by atoms with Crippen molar-refractivity contribution < 1.29 is 9.47 Å². The summed E-state index contributed by atoms with van der Waals surface area (Å²) in [5.41, 5.74) is 0.685. The topological polar surface area (TPSA) is 94.4 Å². The van der Waals surface area contributed by atoms with E-state index in [1.165, 1.54) is 4.57 Å². The number of hydrogen-bond acceptors (Lipinski definition) is 6. The van der Waals surface area contributed by atoms with Crippen molar-refractivity contribution in [3.05, 3.63) is 43.5 Å². The van der Waals surface area contributed by atoms with Gasteiger partial charge in [-0.05, 0) is 24.6 Å². The standard InChI is InChI=1S/C21H26BrN5O4/c1-3-6-27-19-17(20(28)24-21(27)29)26(8-7-25-9-11-31-12-10-25)18(23-19)15-13-14(22)4-5-16(15)30-2/h4-5,13H,3,6-12H2,1-2H3,(H,24,28,29). The van der Waals surface area contributed by atoms with Crippen molar-refractivity contribution in [3.8, 4) is 17.1 Å². The second kappa shape index (κ2) is 9.37. The highest BCUT2D eigenvalue weighted by molar-refractivity contribution is 9.10. The molecule has 0 radical (unpaired) electrons. The first kappa shape index (κ1) is 21.8. The van der Waals surface area contributed by atoms with E-state index < -0.39 is 11.2 Å². The molecule has 1 aromatic carbocycles. The van der Waals surface area contributed by atoms with Gasteiger partial charge in [-0.25, -0.2) is 9.78 Å². The number of methoxy groups -OCH3 is 1. The summed E-state index contributed by atoms with van der Waals surface area (Å²) < 4.78 is 15.3. The van der Waals surface area contributed by atoms with Gasteiger partial charge in [0.05, 0.1) is 25.9 Å². The molecule has 4 rings (SSSR count). The van der Waals surface area contributed by atoms with Gasteiger partial charge in [0.15, 0.2) is 11.2 Å². The van der Waals surface area contributed by atoms with E-state index in [1.807, 2.05) is 29.7 Å². The molecule has 0 spiro atoms. The van der Waals surface area contributed by atoms with E-state index in [2.05, 4.69) is 25.8 Å². The number of imidazole rings is 1. The number of halogens is 1. The Bertz CT molecular complexity index is 1190. The van der Waals surface area contributed by atoms with Gasteiger partial charge in [0.1, 0.15) is 11.6 Å². The van der Waals surface area contributed by atoms with Gasteiger partial charge in [0, 0.05) is 37.2 Å². The van der Waals surface area contributed by atoms with Gasteiger partial charge in [0.2, 0.25) is 0 Å². The fraction of sp³-hybridized carbons (Fsp3) is 0.476. The lowest BCUT2D eigenvalue weighted by molar-refractivity contribution is 0.0365. The zero-order chi connectivity index (χ0) is 22.0. The van der Waals surface area contributed by atoms with Crippen LogP contribution in [0.15, 0.2) is 32.3 Å². The highest BCUT2D eigenvalue weighted by Crippen LogP contribution is 2.33. The molecule has 0 amide bonds. The van der Waals surface area contributed by atoms with Crippen LogP contribution in [-0.2, 0) is 17.8 Å². The van der Waals surface area contributed by atoms with Crippen LogP contribution < -0.4 is 16.0 Å². The zero-order valence-electron chi connectivity index (χ0n) is 17.7. The van der Waals surface area contributed by atoms with Gasteiger partial charge in [-0.15, -0.1) is 0 Å². The van der Waals surface area contributed by atoms with Crippen LogP contribution in [0.1, 0.15) is 13.3 Å². The lowest BCUT2D eigenvalue weighted by Crippen LogP contribution is -2.38. The van der Waals surface area contributed by atoms with Crippen LogP contribution >= 0.6 is 15.9 Å². The van der Waals surface area contributed by atoms with Crippen molar-refractivity contribution in [1.29, 1.82) is 0 Å². The molecule has 31 heavy (non-hydrogen) atoms. The zero-order valence-corrected chi connectivity index (χ0v) is 19.3. The van der Waals surface area contributed by atoms with Crippen LogP contribution in [0.2, 0.25) is 0 Å². The molecule has 1 aliphatic rings. The number of hydrogen-bond donors (Lipinski definition) is 1. The molecule has 3 aromatic rings. The number of benzene rings is 1. The lowest BCUT2D eigenvalue weighted by atomic mass is 10.2. The predicted molar refractivity (Wildman–Crippen MR) is 122 cm³/mol. The van der Waals surface area contributed by atoms with E-state index >= 15 is 0 Å². The van der Waals surface area contributed by atoms with Gasteiger partial charge in [-0.2, -0.15) is 0 Å². The van der Waals surface area contributed by atoms with Crippen LogP contribution in [0.3, 0.4) is 0 Å². The van der Waals surface area contributed by atoms with Gasteiger partial charge >= 0.3 is 5.69 Å². The Hall–Kier alpha value is -2.43. The molecule has 1 fully saturated rings. The highest BCUT2D eigenvalue weighted by atomic mass is 79.9. The smallest absolute Gasteiger partial charge is 0.330 e. The maximum atomic E-state index is 12.9. The van der Waals surface area contributed by atoms with Crippen molar-refractivity contribution in [2.45, 2.75) is 26.4 Å². The molecule has 3 heterocycles. The molecule has 166 valence electrons. The lowest BCUT2D eigenvalue weighted by Gasteiger charge is -2.27. The molecule has 2 aromatic heterocycles. The molecular formula is C21H26BrN5O4. The minimum atomic E-state index is -0.440. The number of ether oxygens (including phenoxy) is 2. The first-order valence-corrected chi connectivity index (χ1v) is 11.2. The summed E-state index contributed by atoms with van der Waals surface area (Å²) in [6.45, 7) is 6.84. The Morgan fingerprint density at radius 2 is 1.94 bits per heavy atom. The monoisotopic (exact) mass is 491 g/mol. The first-order valence-electron chi connectivity index (χ1n) is 10.4. The maximum Gasteiger partial charge on any atom is 0.330 e. The second-order valence-electron chi connectivity index (χ2n) is 7.47. The number of H-pyrrole nitrogens is 1. The average molecular weight is 492 g/mol. The van der Waals surface area contributed by atoms with Crippen molar-refractivity contribution >= 4 is 27.1 Å². The third-order valence-corrected chi connectivity index (χ3v) is 5.97. The van der Waals surface area contributed by atoms with E-state index in [1.54, 1.807) is 7.11 Å². The minimum absolute atomic E-state index is 0.398. The SMILES string of the molecule is CCCn1c(=O)[nH]c(=O)c2c1nc(-c1cc(Br)ccc1OC)n2CCN1CCOCC1. The maximum absolute atomic E-state index is 12.9. The van der Waals surface area contributed by atoms with Gasteiger partial charge in [-0.3, -0.25) is 19.2 Å². The van der Waals surface area contributed by atoms with Gasteiger partial charge < -0.3 is 14.0 Å². The Balaban J connectivity index is 1.92. The van der Waals surface area contributed by atoms with Crippen LogP contribution in [0.4, 0.5) is 0 Å². The number of fused-ring (bicyclic) bond motifs is 1. The van der Waals surface area contributed by atoms with E-state index in [0.717, 1.165) is 36.1 Å². The van der Waals surface area contributed by atoms with Gasteiger partial charge in [-0.1, -0.05) is 22.9 Å². The fourth-order valence-electron chi connectivity index (χ4n) is 3.95. The number of rotatable bonds is 7.